The van der Waals surface area contributed by atoms with Crippen molar-refractivity contribution in [3.8, 4) is 0 Å². The van der Waals surface area contributed by atoms with E-state index < -0.39 is 0 Å². The van der Waals surface area contributed by atoms with Crippen molar-refractivity contribution in [1.82, 2.24) is 9.78 Å². The molecule has 0 radical (unpaired) electrons. The van der Waals surface area contributed by atoms with Crippen LogP contribution in [0.5, 0.6) is 0 Å². The average Bonchev–Trinajstić information content (AvgIpc) is 2.95. The van der Waals surface area contributed by atoms with Crippen LogP contribution in [0.2, 0.25) is 0 Å². The number of thiophene rings is 1. The van der Waals surface area contributed by atoms with E-state index in [9.17, 15) is 0 Å². The van der Waals surface area contributed by atoms with Crippen molar-refractivity contribution in [2.24, 2.45) is 5.73 Å². The lowest BCUT2D eigenvalue weighted by molar-refractivity contribution is 0.711. The number of para-hydroxylation sites is 1. The molecule has 3 rings (SSSR count). The van der Waals surface area contributed by atoms with E-state index in [2.05, 4.69) is 30.2 Å². The first-order valence-electron chi connectivity index (χ1n) is 5.97. The fourth-order valence-corrected chi connectivity index (χ4v) is 3.09. The number of aryl methyl sites for hydroxylation is 1. The maximum atomic E-state index is 5.68. The Morgan fingerprint density at radius 1 is 1.33 bits per heavy atom. The van der Waals surface area contributed by atoms with Crippen molar-refractivity contribution >= 4 is 22.2 Å². The van der Waals surface area contributed by atoms with Crippen molar-refractivity contribution in [3.05, 3.63) is 51.8 Å². The molecular formula is C14H15N3S. The molecule has 0 amide bonds. The predicted molar refractivity (Wildman–Crippen MR) is 75.8 cm³/mol. The van der Waals surface area contributed by atoms with Crippen LogP contribution in [0.1, 0.15) is 15.3 Å². The zero-order valence-electron chi connectivity index (χ0n) is 10.3. The molecule has 0 aliphatic rings. The van der Waals surface area contributed by atoms with Crippen molar-refractivity contribution in [3.63, 3.8) is 0 Å². The molecule has 92 valence electrons. The van der Waals surface area contributed by atoms with Crippen molar-refractivity contribution in [1.29, 1.82) is 0 Å². The summed E-state index contributed by atoms with van der Waals surface area (Å²) in [4.78, 5) is 2.56. The number of hydrogen-bond acceptors (Lipinski definition) is 3. The van der Waals surface area contributed by atoms with Crippen LogP contribution < -0.4 is 5.73 Å². The Balaban J connectivity index is 1.98. The molecular weight excluding hydrogens is 242 g/mol. The highest BCUT2D eigenvalue weighted by atomic mass is 32.1. The molecule has 2 aromatic heterocycles. The molecule has 3 aromatic rings. The molecule has 18 heavy (non-hydrogen) atoms. The molecule has 0 saturated heterocycles. The van der Waals surface area contributed by atoms with Crippen LogP contribution in [0.4, 0.5) is 0 Å². The van der Waals surface area contributed by atoms with Crippen LogP contribution >= 0.6 is 11.3 Å². The zero-order chi connectivity index (χ0) is 12.5. The number of aromatic nitrogens is 2. The van der Waals surface area contributed by atoms with Crippen LogP contribution in [0.25, 0.3) is 10.9 Å². The maximum absolute atomic E-state index is 5.68. The molecule has 2 heterocycles. The van der Waals surface area contributed by atoms with Gasteiger partial charge in [-0.3, -0.25) is 4.68 Å². The Labute approximate surface area is 110 Å². The van der Waals surface area contributed by atoms with Gasteiger partial charge in [-0.05, 0) is 24.6 Å². The Morgan fingerprint density at radius 3 is 2.94 bits per heavy atom. The highest BCUT2D eigenvalue weighted by molar-refractivity contribution is 7.12. The van der Waals surface area contributed by atoms with Gasteiger partial charge in [-0.15, -0.1) is 11.3 Å². The standard InChI is InChI=1S/C14H15N3S/c1-10-12(6-13(7-15)18-10)9-17-14-5-3-2-4-11(14)8-16-17/h2-6,8H,7,9,15H2,1H3. The smallest absolute Gasteiger partial charge is 0.0686 e. The summed E-state index contributed by atoms with van der Waals surface area (Å²) in [5.74, 6) is 0. The van der Waals surface area contributed by atoms with E-state index in [1.165, 1.54) is 26.2 Å². The number of fused-ring (bicyclic) bond motifs is 1. The lowest BCUT2D eigenvalue weighted by atomic mass is 10.2. The van der Waals surface area contributed by atoms with E-state index in [0.29, 0.717) is 6.54 Å². The Bertz CT molecular complexity index is 681. The number of benzene rings is 1. The van der Waals surface area contributed by atoms with Gasteiger partial charge in [-0.25, -0.2) is 0 Å². The minimum Gasteiger partial charge on any atom is -0.326 e. The molecule has 0 spiro atoms. The van der Waals surface area contributed by atoms with E-state index in [0.717, 1.165) is 6.54 Å². The molecule has 0 fully saturated rings. The first-order valence-corrected chi connectivity index (χ1v) is 6.78. The van der Waals surface area contributed by atoms with Crippen LogP contribution in [-0.2, 0) is 13.1 Å². The van der Waals surface area contributed by atoms with Gasteiger partial charge in [0.2, 0.25) is 0 Å². The van der Waals surface area contributed by atoms with Crippen molar-refractivity contribution in [2.75, 3.05) is 0 Å². The molecule has 0 aliphatic heterocycles. The summed E-state index contributed by atoms with van der Waals surface area (Å²) in [6.07, 6.45) is 1.92. The summed E-state index contributed by atoms with van der Waals surface area (Å²) >= 11 is 1.78. The van der Waals surface area contributed by atoms with Crippen LogP contribution in [-0.4, -0.2) is 9.78 Å². The molecule has 0 unspecified atom stereocenters. The van der Waals surface area contributed by atoms with Crippen molar-refractivity contribution in [2.45, 2.75) is 20.0 Å². The van der Waals surface area contributed by atoms with E-state index in [4.69, 9.17) is 5.73 Å². The molecule has 3 nitrogen and oxygen atoms in total. The highest BCUT2D eigenvalue weighted by Gasteiger charge is 2.07. The largest absolute Gasteiger partial charge is 0.326 e. The lowest BCUT2D eigenvalue weighted by Gasteiger charge is -2.02. The van der Waals surface area contributed by atoms with Crippen LogP contribution in [0, 0.1) is 6.92 Å². The quantitative estimate of drug-likeness (QED) is 0.784. The second-order valence-electron chi connectivity index (χ2n) is 4.36. The fraction of sp³-hybridized carbons (Fsp3) is 0.214. The third kappa shape index (κ3) is 1.94. The summed E-state index contributed by atoms with van der Waals surface area (Å²) < 4.78 is 2.05. The summed E-state index contributed by atoms with van der Waals surface area (Å²) in [5, 5.41) is 5.64. The molecule has 0 atom stereocenters. The van der Waals surface area contributed by atoms with Gasteiger partial charge in [-0.1, -0.05) is 18.2 Å². The van der Waals surface area contributed by atoms with Gasteiger partial charge in [0.25, 0.3) is 0 Å². The molecule has 4 heteroatoms. The molecule has 0 saturated carbocycles. The topological polar surface area (TPSA) is 43.8 Å². The Morgan fingerprint density at radius 2 is 2.17 bits per heavy atom. The summed E-state index contributed by atoms with van der Waals surface area (Å²) in [5.41, 5.74) is 8.18. The monoisotopic (exact) mass is 257 g/mol. The number of nitrogens with zero attached hydrogens (tertiary/aromatic N) is 2. The molecule has 0 bridgehead atoms. The number of nitrogens with two attached hydrogens (primary N) is 1. The maximum Gasteiger partial charge on any atom is 0.0686 e. The summed E-state index contributed by atoms with van der Waals surface area (Å²) in [7, 11) is 0. The molecule has 2 N–H and O–H groups in total. The van der Waals surface area contributed by atoms with Crippen molar-refractivity contribution < 1.29 is 0 Å². The second-order valence-corrected chi connectivity index (χ2v) is 5.70. The number of rotatable bonds is 3. The lowest BCUT2D eigenvalue weighted by Crippen LogP contribution is -2.01. The summed E-state index contributed by atoms with van der Waals surface area (Å²) in [6.45, 7) is 3.58. The fourth-order valence-electron chi connectivity index (χ4n) is 2.16. The van der Waals surface area contributed by atoms with Gasteiger partial charge in [0.15, 0.2) is 0 Å². The van der Waals surface area contributed by atoms with Gasteiger partial charge < -0.3 is 5.73 Å². The Hall–Kier alpha value is -1.65. The van der Waals surface area contributed by atoms with E-state index in [-0.39, 0.29) is 0 Å². The minimum absolute atomic E-state index is 0.616. The van der Waals surface area contributed by atoms with Gasteiger partial charge in [0.1, 0.15) is 0 Å². The minimum atomic E-state index is 0.616. The van der Waals surface area contributed by atoms with E-state index >= 15 is 0 Å². The SMILES string of the molecule is Cc1sc(CN)cc1Cn1ncc2ccccc21. The first-order chi connectivity index (χ1) is 8.78. The number of hydrogen-bond donors (Lipinski definition) is 1. The third-order valence-corrected chi connectivity index (χ3v) is 4.26. The van der Waals surface area contributed by atoms with E-state index in [1.807, 2.05) is 23.0 Å². The van der Waals surface area contributed by atoms with Gasteiger partial charge in [-0.2, -0.15) is 5.10 Å². The highest BCUT2D eigenvalue weighted by Crippen LogP contribution is 2.23. The first kappa shape index (κ1) is 11.4. The van der Waals surface area contributed by atoms with Crippen LogP contribution in [0.15, 0.2) is 36.5 Å². The predicted octanol–water partition coefficient (Wildman–Crippen LogP) is 2.91. The Kier molecular flexibility index (Phi) is 2.89. The van der Waals surface area contributed by atoms with Gasteiger partial charge in [0, 0.05) is 21.7 Å². The summed E-state index contributed by atoms with van der Waals surface area (Å²) in [6, 6.07) is 10.5. The third-order valence-electron chi connectivity index (χ3n) is 3.14. The van der Waals surface area contributed by atoms with E-state index in [1.54, 1.807) is 11.3 Å². The van der Waals surface area contributed by atoms with Crippen LogP contribution in [0.3, 0.4) is 0 Å². The second kappa shape index (κ2) is 4.55. The zero-order valence-corrected chi connectivity index (χ0v) is 11.1. The average molecular weight is 257 g/mol. The molecule has 0 aliphatic carbocycles. The normalized spacial score (nSPS) is 11.2. The van der Waals surface area contributed by atoms with Gasteiger partial charge >= 0.3 is 0 Å². The van der Waals surface area contributed by atoms with Gasteiger partial charge in [0.05, 0.1) is 18.3 Å². The molecule has 1 aromatic carbocycles.